The van der Waals surface area contributed by atoms with Crippen LogP contribution in [0.15, 0.2) is 46.7 Å². The number of sulfonamides is 1. The lowest BCUT2D eigenvalue weighted by atomic mass is 10.2. The van der Waals surface area contributed by atoms with Crippen LogP contribution in [0.5, 0.6) is 0 Å². The molecule has 2 rings (SSSR count). The second-order valence-electron chi connectivity index (χ2n) is 4.60. The van der Waals surface area contributed by atoms with Gasteiger partial charge in [-0.3, -0.25) is 9.63 Å². The molecule has 0 aliphatic carbocycles. The fourth-order valence-electron chi connectivity index (χ4n) is 1.75. The van der Waals surface area contributed by atoms with E-state index in [2.05, 4.69) is 4.84 Å². The maximum absolute atomic E-state index is 12.2. The molecular weight excluding hydrogens is 354 g/mol. The second-order valence-corrected chi connectivity index (χ2v) is 7.49. The summed E-state index contributed by atoms with van der Waals surface area (Å²) in [6, 6.07) is 8.67. The smallest absolute Gasteiger partial charge is 0.338 e. The van der Waals surface area contributed by atoms with Crippen LogP contribution in [0.3, 0.4) is 0 Å². The fourth-order valence-corrected chi connectivity index (χ4v) is 3.42. The van der Waals surface area contributed by atoms with E-state index < -0.39 is 22.6 Å². The lowest BCUT2D eigenvalue weighted by molar-refractivity contribution is -0.0258. The van der Waals surface area contributed by atoms with Crippen LogP contribution in [0.4, 0.5) is 0 Å². The van der Waals surface area contributed by atoms with Crippen molar-refractivity contribution < 1.29 is 27.6 Å². The van der Waals surface area contributed by atoms with Crippen molar-refractivity contribution in [3.8, 4) is 0 Å². The number of nitrogens with zero attached hydrogens (tertiary/aromatic N) is 1. The molecule has 1 heterocycles. The Labute approximate surface area is 143 Å². The molecule has 7 nitrogen and oxygen atoms in total. The molecule has 0 radical (unpaired) electrons. The van der Waals surface area contributed by atoms with E-state index in [9.17, 15) is 18.0 Å². The van der Waals surface area contributed by atoms with Gasteiger partial charge in [-0.25, -0.2) is 13.2 Å². The molecule has 1 aromatic heterocycles. The summed E-state index contributed by atoms with van der Waals surface area (Å²) in [5.74, 6) is -1.10. The van der Waals surface area contributed by atoms with Crippen molar-refractivity contribution in [2.75, 3.05) is 20.8 Å². The average Bonchev–Trinajstić information content (AvgIpc) is 3.13. The summed E-state index contributed by atoms with van der Waals surface area (Å²) in [6.07, 6.45) is 0. The summed E-state index contributed by atoms with van der Waals surface area (Å²) in [6.45, 7) is -0.408. The van der Waals surface area contributed by atoms with Crippen molar-refractivity contribution in [1.82, 2.24) is 4.47 Å². The number of benzene rings is 1. The Morgan fingerprint density at radius 1 is 1.21 bits per heavy atom. The molecule has 0 aliphatic rings. The molecule has 2 aromatic rings. The third-order valence-electron chi connectivity index (χ3n) is 3.09. The summed E-state index contributed by atoms with van der Waals surface area (Å²) < 4.78 is 29.9. The molecule has 0 saturated heterocycles. The zero-order valence-corrected chi connectivity index (χ0v) is 14.6. The third-order valence-corrected chi connectivity index (χ3v) is 5.68. The number of ketones is 1. The monoisotopic (exact) mass is 369 g/mol. The van der Waals surface area contributed by atoms with Crippen LogP contribution in [0.1, 0.15) is 20.0 Å². The molecule has 0 aliphatic heterocycles. The van der Waals surface area contributed by atoms with E-state index in [4.69, 9.17) is 4.74 Å². The molecule has 9 heteroatoms. The molecular formula is C15H15NO6S2. The number of hydrogen-bond donors (Lipinski definition) is 0. The quantitative estimate of drug-likeness (QED) is 0.421. The standard InChI is InChI=1S/C15H15NO6S2/c1-16(21-2)24(19,20)12-6-3-5-11(9-12)15(18)22-10-13(17)14-7-4-8-23-14/h3-9H,10H2,1-2H3. The highest BCUT2D eigenvalue weighted by atomic mass is 32.2. The van der Waals surface area contributed by atoms with Crippen LogP contribution in [-0.2, 0) is 19.6 Å². The number of esters is 1. The first kappa shape index (κ1) is 18.3. The first-order valence-electron chi connectivity index (χ1n) is 6.73. The van der Waals surface area contributed by atoms with E-state index in [1.54, 1.807) is 17.5 Å². The van der Waals surface area contributed by atoms with Crippen molar-refractivity contribution in [3.05, 3.63) is 52.2 Å². The van der Waals surface area contributed by atoms with E-state index in [0.29, 0.717) is 9.35 Å². The van der Waals surface area contributed by atoms with Gasteiger partial charge in [0.25, 0.3) is 10.0 Å². The van der Waals surface area contributed by atoms with E-state index in [1.807, 2.05) is 0 Å². The van der Waals surface area contributed by atoms with Crippen LogP contribution in [0.25, 0.3) is 0 Å². The van der Waals surface area contributed by atoms with E-state index in [-0.39, 0.29) is 16.2 Å². The van der Waals surface area contributed by atoms with E-state index in [0.717, 1.165) is 0 Å². The number of carbonyl (C=O) groups excluding carboxylic acids is 2. The highest BCUT2D eigenvalue weighted by Gasteiger charge is 2.22. The topological polar surface area (TPSA) is 90.0 Å². The summed E-state index contributed by atoms with van der Waals surface area (Å²) in [5.41, 5.74) is 0.0274. The number of thiophene rings is 1. The van der Waals surface area contributed by atoms with Crippen LogP contribution >= 0.6 is 11.3 Å². The maximum Gasteiger partial charge on any atom is 0.338 e. The molecule has 0 amide bonds. The minimum atomic E-state index is -3.87. The molecule has 128 valence electrons. The van der Waals surface area contributed by atoms with Crippen molar-refractivity contribution in [2.24, 2.45) is 0 Å². The van der Waals surface area contributed by atoms with Gasteiger partial charge in [-0.2, -0.15) is 0 Å². The lowest BCUT2D eigenvalue weighted by Crippen LogP contribution is -2.26. The molecule has 0 N–H and O–H groups in total. The van der Waals surface area contributed by atoms with Gasteiger partial charge in [0.2, 0.25) is 5.78 Å². The molecule has 0 spiro atoms. The Kier molecular flexibility index (Phi) is 5.84. The van der Waals surface area contributed by atoms with E-state index >= 15 is 0 Å². The number of hydroxylamine groups is 1. The van der Waals surface area contributed by atoms with Gasteiger partial charge in [-0.15, -0.1) is 11.3 Å². The Bertz CT molecular complexity index is 829. The largest absolute Gasteiger partial charge is 0.454 e. The Hall–Kier alpha value is -2.07. The van der Waals surface area contributed by atoms with Gasteiger partial charge in [0, 0.05) is 7.05 Å². The maximum atomic E-state index is 12.2. The average molecular weight is 369 g/mol. The number of ether oxygens (including phenoxy) is 1. The fraction of sp³-hybridized carbons (Fsp3) is 0.200. The normalized spacial score (nSPS) is 11.5. The van der Waals surface area contributed by atoms with Gasteiger partial charge in [0.1, 0.15) is 0 Å². The van der Waals surface area contributed by atoms with Crippen LogP contribution < -0.4 is 0 Å². The van der Waals surface area contributed by atoms with Crippen LogP contribution in [-0.4, -0.2) is 45.4 Å². The highest BCUT2D eigenvalue weighted by molar-refractivity contribution is 7.89. The zero-order valence-electron chi connectivity index (χ0n) is 13.0. The Morgan fingerprint density at radius 3 is 2.58 bits per heavy atom. The summed E-state index contributed by atoms with van der Waals surface area (Å²) >= 11 is 1.25. The minimum Gasteiger partial charge on any atom is -0.454 e. The van der Waals surface area contributed by atoms with E-state index in [1.165, 1.54) is 49.8 Å². The molecule has 0 atom stereocenters. The third kappa shape index (κ3) is 4.06. The van der Waals surface area contributed by atoms with Crippen molar-refractivity contribution >= 4 is 33.1 Å². The number of Topliss-reactive ketones (excluding diaryl/α,β-unsaturated/α-hetero) is 1. The van der Waals surface area contributed by atoms with Gasteiger partial charge in [-0.05, 0) is 29.6 Å². The van der Waals surface area contributed by atoms with Gasteiger partial charge in [0.05, 0.1) is 22.4 Å². The predicted molar refractivity (Wildman–Crippen MR) is 87.3 cm³/mol. The number of rotatable bonds is 7. The molecule has 0 bridgehead atoms. The Morgan fingerprint density at radius 2 is 1.96 bits per heavy atom. The number of carbonyl (C=O) groups is 2. The van der Waals surface area contributed by atoms with Crippen molar-refractivity contribution in [2.45, 2.75) is 4.90 Å². The predicted octanol–water partition coefficient (Wildman–Crippen LogP) is 1.97. The summed E-state index contributed by atoms with van der Waals surface area (Å²) in [5, 5.41) is 1.75. The lowest BCUT2D eigenvalue weighted by Gasteiger charge is -2.14. The highest BCUT2D eigenvalue weighted by Crippen LogP contribution is 2.17. The Balaban J connectivity index is 2.11. The van der Waals surface area contributed by atoms with Gasteiger partial charge >= 0.3 is 5.97 Å². The summed E-state index contributed by atoms with van der Waals surface area (Å²) in [4.78, 5) is 28.9. The van der Waals surface area contributed by atoms with Gasteiger partial charge in [0.15, 0.2) is 6.61 Å². The van der Waals surface area contributed by atoms with Crippen molar-refractivity contribution in [3.63, 3.8) is 0 Å². The van der Waals surface area contributed by atoms with Crippen molar-refractivity contribution in [1.29, 1.82) is 0 Å². The molecule has 0 saturated carbocycles. The number of hydrogen-bond acceptors (Lipinski definition) is 7. The summed E-state index contributed by atoms with van der Waals surface area (Å²) in [7, 11) is -1.42. The zero-order chi connectivity index (χ0) is 17.7. The minimum absolute atomic E-state index is 0.0274. The van der Waals surface area contributed by atoms with Gasteiger partial charge < -0.3 is 4.74 Å². The van der Waals surface area contributed by atoms with Gasteiger partial charge in [-0.1, -0.05) is 16.6 Å². The second kappa shape index (κ2) is 7.67. The van der Waals surface area contributed by atoms with Crippen LogP contribution in [0, 0.1) is 0 Å². The molecule has 24 heavy (non-hydrogen) atoms. The van der Waals surface area contributed by atoms with Crippen LogP contribution in [0.2, 0.25) is 0 Å². The molecule has 0 unspecified atom stereocenters. The first-order valence-corrected chi connectivity index (χ1v) is 9.05. The SMILES string of the molecule is CON(C)S(=O)(=O)c1cccc(C(=O)OCC(=O)c2cccs2)c1. The first-order chi connectivity index (χ1) is 11.4. The molecule has 1 aromatic carbocycles. The molecule has 0 fully saturated rings.